The minimum atomic E-state index is -4.51. The van der Waals surface area contributed by atoms with Gasteiger partial charge in [0.05, 0.1) is 43.6 Å². The number of halogens is 3. The molecule has 0 aliphatic carbocycles. The van der Waals surface area contributed by atoms with Gasteiger partial charge in [-0.05, 0) is 13.8 Å². The van der Waals surface area contributed by atoms with Gasteiger partial charge in [-0.3, -0.25) is 9.59 Å². The summed E-state index contributed by atoms with van der Waals surface area (Å²) < 4.78 is 48.8. The number of nitrogens with zero attached hydrogens (tertiary/aromatic N) is 4. The van der Waals surface area contributed by atoms with E-state index in [1.807, 2.05) is 6.92 Å². The molecule has 10 nitrogen and oxygen atoms in total. The first-order chi connectivity index (χ1) is 15.6. The van der Waals surface area contributed by atoms with Crippen molar-refractivity contribution < 1.29 is 27.4 Å². The number of H-pyrrole nitrogens is 1. The molecule has 1 amide bonds. The molecule has 2 aromatic rings. The number of hydrogen-bond acceptors (Lipinski definition) is 8. The Hall–Kier alpha value is -3.22. The molecule has 1 unspecified atom stereocenters. The normalized spacial score (nSPS) is 17.1. The lowest BCUT2D eigenvalue weighted by atomic mass is 10.2. The van der Waals surface area contributed by atoms with Crippen molar-refractivity contribution in [1.29, 1.82) is 0 Å². The zero-order valence-electron chi connectivity index (χ0n) is 18.2. The summed E-state index contributed by atoms with van der Waals surface area (Å²) >= 11 is 0. The van der Waals surface area contributed by atoms with Gasteiger partial charge in [0.1, 0.15) is 6.10 Å². The molecule has 3 heterocycles. The molecule has 1 aliphatic rings. The molecule has 0 bridgehead atoms. The molecule has 0 saturated carbocycles. The molecule has 13 heteroatoms. The molecule has 1 aliphatic heterocycles. The van der Waals surface area contributed by atoms with E-state index in [0.717, 1.165) is 0 Å². The van der Waals surface area contributed by atoms with Crippen LogP contribution >= 0.6 is 0 Å². The van der Waals surface area contributed by atoms with E-state index in [-0.39, 0.29) is 42.7 Å². The van der Waals surface area contributed by atoms with Crippen molar-refractivity contribution in [3.05, 3.63) is 40.1 Å². The number of alkyl halides is 3. The highest BCUT2D eigenvalue weighted by molar-refractivity contribution is 5.76. The largest absolute Gasteiger partial charge is 0.458 e. The van der Waals surface area contributed by atoms with Gasteiger partial charge in [-0.1, -0.05) is 0 Å². The van der Waals surface area contributed by atoms with Crippen LogP contribution in [0.2, 0.25) is 0 Å². The first kappa shape index (κ1) is 24.4. The average molecular weight is 470 g/mol. The molecule has 1 fully saturated rings. The molecule has 2 atom stereocenters. The molecule has 0 spiro atoms. The number of amides is 1. The monoisotopic (exact) mass is 470 g/mol. The SMILES string of the molecule is Cc1c(N[C@@H](C)COCCC(=O)N2CCC(Oc3ncc(C(F)(F)F)cn3)C2)cn[nH]c1=O. The second-order valence-corrected chi connectivity index (χ2v) is 7.73. The topological polar surface area (TPSA) is 122 Å². The van der Waals surface area contributed by atoms with Gasteiger partial charge >= 0.3 is 12.2 Å². The number of nitrogens with one attached hydrogen (secondary N) is 2. The fraction of sp³-hybridized carbons (Fsp3) is 0.550. The molecule has 1 saturated heterocycles. The van der Waals surface area contributed by atoms with E-state index < -0.39 is 11.7 Å². The fourth-order valence-corrected chi connectivity index (χ4v) is 3.21. The summed E-state index contributed by atoms with van der Waals surface area (Å²) in [6.45, 7) is 4.89. The summed E-state index contributed by atoms with van der Waals surface area (Å²) in [4.78, 5) is 32.8. The standard InChI is InChI=1S/C20H25F3N6O4/c1-12(27-16-9-26-28-18(31)13(16)2)11-32-6-4-17(30)29-5-3-15(10-29)33-19-24-7-14(8-25-19)20(21,22)23/h7-9,12,15H,3-6,10-11H2,1-2H3,(H2,27,28,31)/t12-,15?/m0/s1. The maximum atomic E-state index is 12.6. The van der Waals surface area contributed by atoms with Gasteiger partial charge in [0.2, 0.25) is 5.91 Å². The third-order valence-corrected chi connectivity index (χ3v) is 5.06. The third kappa shape index (κ3) is 6.88. The van der Waals surface area contributed by atoms with E-state index in [1.54, 1.807) is 11.8 Å². The van der Waals surface area contributed by atoms with Gasteiger partial charge in [-0.15, -0.1) is 0 Å². The van der Waals surface area contributed by atoms with Crippen molar-refractivity contribution in [1.82, 2.24) is 25.1 Å². The number of likely N-dealkylation sites (tertiary alicyclic amines) is 1. The fourth-order valence-electron chi connectivity index (χ4n) is 3.21. The highest BCUT2D eigenvalue weighted by Gasteiger charge is 2.32. The summed E-state index contributed by atoms with van der Waals surface area (Å²) in [7, 11) is 0. The number of rotatable bonds is 9. The number of carbonyl (C=O) groups is 1. The van der Waals surface area contributed by atoms with E-state index >= 15 is 0 Å². The molecule has 2 aromatic heterocycles. The van der Waals surface area contributed by atoms with E-state index in [2.05, 4.69) is 25.5 Å². The Balaban J connectivity index is 1.36. The van der Waals surface area contributed by atoms with Crippen LogP contribution in [0.4, 0.5) is 18.9 Å². The van der Waals surface area contributed by atoms with Crippen molar-refractivity contribution in [3.63, 3.8) is 0 Å². The first-order valence-corrected chi connectivity index (χ1v) is 10.4. The number of ether oxygens (including phenoxy) is 2. The van der Waals surface area contributed by atoms with Crippen molar-refractivity contribution in [3.8, 4) is 6.01 Å². The molecule has 2 N–H and O–H groups in total. The smallest absolute Gasteiger partial charge is 0.419 e. The van der Waals surface area contributed by atoms with Gasteiger partial charge in [0.15, 0.2) is 0 Å². The summed E-state index contributed by atoms with van der Waals surface area (Å²) in [5, 5.41) is 9.25. The Labute approximate surface area is 187 Å². The Kier molecular flexibility index (Phi) is 7.84. The lowest BCUT2D eigenvalue weighted by molar-refractivity contribution is -0.138. The quantitative estimate of drug-likeness (QED) is 0.532. The Morgan fingerprint density at radius 2 is 2.06 bits per heavy atom. The van der Waals surface area contributed by atoms with Gasteiger partial charge in [-0.25, -0.2) is 15.1 Å². The van der Waals surface area contributed by atoms with Crippen molar-refractivity contribution in [2.75, 3.05) is 31.6 Å². The second kappa shape index (κ2) is 10.6. The van der Waals surface area contributed by atoms with Crippen LogP contribution in [0.5, 0.6) is 6.01 Å². The maximum absolute atomic E-state index is 12.6. The molecule has 0 aromatic carbocycles. The van der Waals surface area contributed by atoms with E-state index in [1.165, 1.54) is 6.20 Å². The number of hydrogen-bond donors (Lipinski definition) is 2. The lowest BCUT2D eigenvalue weighted by Crippen LogP contribution is -2.32. The van der Waals surface area contributed by atoms with Crippen LogP contribution in [-0.2, 0) is 15.7 Å². The van der Waals surface area contributed by atoms with Crippen LogP contribution in [-0.4, -0.2) is 69.4 Å². The van der Waals surface area contributed by atoms with Crippen LogP contribution in [0.1, 0.15) is 30.9 Å². The summed E-state index contributed by atoms with van der Waals surface area (Å²) in [6, 6.07) is -0.256. The second-order valence-electron chi connectivity index (χ2n) is 7.73. The Morgan fingerprint density at radius 1 is 1.33 bits per heavy atom. The van der Waals surface area contributed by atoms with Gasteiger partial charge in [0.25, 0.3) is 5.56 Å². The van der Waals surface area contributed by atoms with Crippen molar-refractivity contribution >= 4 is 11.6 Å². The summed E-state index contributed by atoms with van der Waals surface area (Å²) in [5.74, 6) is -0.107. The molecular formula is C20H25F3N6O4. The molecule has 33 heavy (non-hydrogen) atoms. The highest BCUT2D eigenvalue weighted by Crippen LogP contribution is 2.28. The number of anilines is 1. The molecule has 3 rings (SSSR count). The number of aromatic nitrogens is 4. The van der Waals surface area contributed by atoms with Crippen molar-refractivity contribution in [2.24, 2.45) is 0 Å². The van der Waals surface area contributed by atoms with Crippen molar-refractivity contribution in [2.45, 2.75) is 45.0 Å². The molecular weight excluding hydrogens is 445 g/mol. The average Bonchev–Trinajstić information content (AvgIpc) is 3.23. The van der Waals surface area contributed by atoms with E-state index in [0.29, 0.717) is 49.8 Å². The first-order valence-electron chi connectivity index (χ1n) is 10.4. The van der Waals surface area contributed by atoms with Crippen LogP contribution in [0.3, 0.4) is 0 Å². The zero-order valence-corrected chi connectivity index (χ0v) is 18.2. The van der Waals surface area contributed by atoms with Gasteiger partial charge < -0.3 is 19.7 Å². The molecule has 180 valence electrons. The van der Waals surface area contributed by atoms with Gasteiger partial charge in [-0.2, -0.15) is 18.3 Å². The van der Waals surface area contributed by atoms with E-state index in [4.69, 9.17) is 9.47 Å². The van der Waals surface area contributed by atoms with Crippen LogP contribution in [0.15, 0.2) is 23.4 Å². The predicted molar refractivity (Wildman–Crippen MR) is 111 cm³/mol. The summed E-state index contributed by atoms with van der Waals surface area (Å²) in [5.41, 5.74) is -0.0751. The van der Waals surface area contributed by atoms with Crippen LogP contribution < -0.4 is 15.6 Å². The highest BCUT2D eigenvalue weighted by atomic mass is 19.4. The zero-order chi connectivity index (χ0) is 24.0. The van der Waals surface area contributed by atoms with Crippen LogP contribution in [0, 0.1) is 6.92 Å². The number of aromatic amines is 1. The van der Waals surface area contributed by atoms with Crippen LogP contribution in [0.25, 0.3) is 0 Å². The minimum absolute atomic E-state index is 0.101. The van der Waals surface area contributed by atoms with E-state index in [9.17, 15) is 22.8 Å². The summed E-state index contributed by atoms with van der Waals surface area (Å²) in [6.07, 6.45) is -1.33. The predicted octanol–water partition coefficient (Wildman–Crippen LogP) is 1.77. The Morgan fingerprint density at radius 3 is 2.76 bits per heavy atom. The third-order valence-electron chi connectivity index (χ3n) is 5.06. The Bertz CT molecular complexity index is 999. The lowest BCUT2D eigenvalue weighted by Gasteiger charge is -2.18. The maximum Gasteiger partial charge on any atom is 0.419 e. The molecule has 0 radical (unpaired) electrons. The van der Waals surface area contributed by atoms with Gasteiger partial charge in [0, 0.05) is 37.0 Å². The minimum Gasteiger partial charge on any atom is -0.458 e. The number of carbonyl (C=O) groups excluding carboxylic acids is 1.